The van der Waals surface area contributed by atoms with Gasteiger partial charge in [0.1, 0.15) is 5.75 Å². The minimum atomic E-state index is -0.0472. The van der Waals surface area contributed by atoms with Crippen LogP contribution in [-0.4, -0.2) is 30.4 Å². The summed E-state index contributed by atoms with van der Waals surface area (Å²) >= 11 is 0. The van der Waals surface area contributed by atoms with Crippen LogP contribution in [0.3, 0.4) is 0 Å². The van der Waals surface area contributed by atoms with Gasteiger partial charge in [0.2, 0.25) is 0 Å². The summed E-state index contributed by atoms with van der Waals surface area (Å²) in [6, 6.07) is 9.23. The number of nitrogens with one attached hydrogen (secondary N) is 1. The Labute approximate surface area is 120 Å². The Kier molecular flexibility index (Phi) is 5.40. The van der Waals surface area contributed by atoms with Gasteiger partial charge in [0, 0.05) is 5.54 Å². The summed E-state index contributed by atoms with van der Waals surface area (Å²) in [7, 11) is 0. The van der Waals surface area contributed by atoms with E-state index in [9.17, 15) is 5.11 Å². The second-order valence-electron chi connectivity index (χ2n) is 5.41. The molecule has 0 unspecified atom stereocenters. The van der Waals surface area contributed by atoms with Crippen LogP contribution >= 0.6 is 0 Å². The highest BCUT2D eigenvalue weighted by atomic mass is 16.5. The zero-order chi connectivity index (χ0) is 14.3. The van der Waals surface area contributed by atoms with E-state index in [1.54, 1.807) is 12.1 Å². The molecule has 1 aliphatic carbocycles. The standard InChI is InChI=1S/C16H22N2O2/c17-12-14-4-6-15(7-5-14)20-11-3-10-18-16(13-19)8-1-2-9-16/h4-7,18-19H,1-3,8-11,13H2. The smallest absolute Gasteiger partial charge is 0.119 e. The van der Waals surface area contributed by atoms with Crippen molar-refractivity contribution >= 4 is 0 Å². The lowest BCUT2D eigenvalue weighted by atomic mass is 9.99. The van der Waals surface area contributed by atoms with E-state index >= 15 is 0 Å². The van der Waals surface area contributed by atoms with Crippen molar-refractivity contribution in [2.24, 2.45) is 0 Å². The van der Waals surface area contributed by atoms with Gasteiger partial charge in [-0.15, -0.1) is 0 Å². The van der Waals surface area contributed by atoms with Gasteiger partial charge < -0.3 is 15.2 Å². The highest BCUT2D eigenvalue weighted by molar-refractivity contribution is 5.34. The molecular weight excluding hydrogens is 252 g/mol. The average Bonchev–Trinajstić information content (AvgIpc) is 2.97. The quantitative estimate of drug-likeness (QED) is 0.748. The van der Waals surface area contributed by atoms with E-state index in [1.807, 2.05) is 12.1 Å². The highest BCUT2D eigenvalue weighted by Crippen LogP contribution is 2.28. The predicted octanol–water partition coefficient (Wildman–Crippen LogP) is 2.22. The molecule has 4 nitrogen and oxygen atoms in total. The molecule has 20 heavy (non-hydrogen) atoms. The molecular formula is C16H22N2O2. The molecule has 0 amide bonds. The SMILES string of the molecule is N#Cc1ccc(OCCCNC2(CO)CCCC2)cc1. The van der Waals surface area contributed by atoms with E-state index in [1.165, 1.54) is 12.8 Å². The number of hydrogen-bond acceptors (Lipinski definition) is 4. The third-order valence-electron chi connectivity index (χ3n) is 3.94. The normalized spacial score (nSPS) is 16.8. The van der Waals surface area contributed by atoms with Crippen LogP contribution in [-0.2, 0) is 0 Å². The first-order valence-electron chi connectivity index (χ1n) is 7.27. The van der Waals surface area contributed by atoms with Crippen LogP contribution < -0.4 is 10.1 Å². The Balaban J connectivity index is 1.65. The van der Waals surface area contributed by atoms with E-state index in [4.69, 9.17) is 10.00 Å². The lowest BCUT2D eigenvalue weighted by Crippen LogP contribution is -2.46. The number of nitriles is 1. The third-order valence-corrected chi connectivity index (χ3v) is 3.94. The van der Waals surface area contributed by atoms with Gasteiger partial charge in [0.05, 0.1) is 24.8 Å². The summed E-state index contributed by atoms with van der Waals surface area (Å²) < 4.78 is 5.62. The van der Waals surface area contributed by atoms with Crippen molar-refractivity contribution in [2.45, 2.75) is 37.6 Å². The van der Waals surface area contributed by atoms with Crippen molar-refractivity contribution in [1.82, 2.24) is 5.32 Å². The first-order chi connectivity index (χ1) is 9.78. The Morgan fingerprint density at radius 2 is 1.95 bits per heavy atom. The van der Waals surface area contributed by atoms with Gasteiger partial charge in [-0.25, -0.2) is 0 Å². The molecule has 4 heteroatoms. The fourth-order valence-corrected chi connectivity index (χ4v) is 2.68. The van der Waals surface area contributed by atoms with Gasteiger partial charge in [-0.05, 0) is 50.1 Å². The van der Waals surface area contributed by atoms with Gasteiger partial charge in [0.25, 0.3) is 0 Å². The zero-order valence-electron chi connectivity index (χ0n) is 11.8. The van der Waals surface area contributed by atoms with Crippen molar-refractivity contribution in [2.75, 3.05) is 19.8 Å². The van der Waals surface area contributed by atoms with Crippen molar-refractivity contribution in [3.05, 3.63) is 29.8 Å². The Morgan fingerprint density at radius 1 is 1.25 bits per heavy atom. The Hall–Kier alpha value is -1.57. The summed E-state index contributed by atoms with van der Waals surface area (Å²) in [4.78, 5) is 0. The van der Waals surface area contributed by atoms with Crippen LogP contribution in [0.2, 0.25) is 0 Å². The molecule has 1 saturated carbocycles. The second kappa shape index (κ2) is 7.28. The molecule has 0 radical (unpaired) electrons. The van der Waals surface area contributed by atoms with E-state index in [0.717, 1.165) is 31.6 Å². The number of aliphatic hydroxyl groups is 1. The number of rotatable bonds is 7. The second-order valence-corrected chi connectivity index (χ2v) is 5.41. The van der Waals surface area contributed by atoms with E-state index in [-0.39, 0.29) is 12.1 Å². The maximum absolute atomic E-state index is 9.48. The lowest BCUT2D eigenvalue weighted by Gasteiger charge is -2.28. The van der Waals surface area contributed by atoms with Gasteiger partial charge in [-0.3, -0.25) is 0 Å². The van der Waals surface area contributed by atoms with E-state index < -0.39 is 0 Å². The lowest BCUT2D eigenvalue weighted by molar-refractivity contribution is 0.161. The molecule has 1 fully saturated rings. The highest BCUT2D eigenvalue weighted by Gasteiger charge is 2.31. The molecule has 0 bridgehead atoms. The molecule has 1 aromatic carbocycles. The summed E-state index contributed by atoms with van der Waals surface area (Å²) in [5, 5.41) is 21.7. The Bertz CT molecular complexity index is 445. The van der Waals surface area contributed by atoms with Crippen LogP contribution in [0.15, 0.2) is 24.3 Å². The Morgan fingerprint density at radius 3 is 2.55 bits per heavy atom. The summed E-state index contributed by atoms with van der Waals surface area (Å²) in [5.41, 5.74) is 0.596. The topological polar surface area (TPSA) is 65.3 Å². The predicted molar refractivity (Wildman–Crippen MR) is 77.6 cm³/mol. The van der Waals surface area contributed by atoms with Crippen LogP contribution in [0.1, 0.15) is 37.7 Å². The fraction of sp³-hybridized carbons (Fsp3) is 0.562. The van der Waals surface area contributed by atoms with Crippen molar-refractivity contribution in [1.29, 1.82) is 5.26 Å². The summed E-state index contributed by atoms with van der Waals surface area (Å²) in [5.74, 6) is 0.793. The number of nitrogens with zero attached hydrogens (tertiary/aromatic N) is 1. The van der Waals surface area contributed by atoms with E-state index in [2.05, 4.69) is 11.4 Å². The maximum Gasteiger partial charge on any atom is 0.119 e. The van der Waals surface area contributed by atoms with Gasteiger partial charge >= 0.3 is 0 Å². The van der Waals surface area contributed by atoms with Crippen LogP contribution in [0.5, 0.6) is 5.75 Å². The van der Waals surface area contributed by atoms with Gasteiger partial charge in [0.15, 0.2) is 0 Å². The molecule has 0 aromatic heterocycles. The van der Waals surface area contributed by atoms with Gasteiger partial charge in [-0.2, -0.15) is 5.26 Å². The summed E-state index contributed by atoms with van der Waals surface area (Å²) in [6.07, 6.45) is 5.45. The first-order valence-corrected chi connectivity index (χ1v) is 7.27. The number of hydrogen-bond donors (Lipinski definition) is 2. The number of ether oxygens (including phenoxy) is 1. The minimum absolute atomic E-state index is 0.0472. The van der Waals surface area contributed by atoms with Crippen molar-refractivity contribution in [3.8, 4) is 11.8 Å². The molecule has 0 spiro atoms. The van der Waals surface area contributed by atoms with Crippen molar-refractivity contribution in [3.63, 3.8) is 0 Å². The molecule has 2 N–H and O–H groups in total. The zero-order valence-corrected chi connectivity index (χ0v) is 11.8. The minimum Gasteiger partial charge on any atom is -0.494 e. The molecule has 0 atom stereocenters. The molecule has 1 aromatic rings. The molecule has 1 aliphatic rings. The molecule has 0 saturated heterocycles. The molecule has 2 rings (SSSR count). The monoisotopic (exact) mass is 274 g/mol. The van der Waals surface area contributed by atoms with Crippen molar-refractivity contribution < 1.29 is 9.84 Å². The van der Waals surface area contributed by atoms with Crippen LogP contribution in [0.25, 0.3) is 0 Å². The van der Waals surface area contributed by atoms with Gasteiger partial charge in [-0.1, -0.05) is 12.8 Å². The average molecular weight is 274 g/mol. The van der Waals surface area contributed by atoms with Crippen LogP contribution in [0, 0.1) is 11.3 Å². The largest absolute Gasteiger partial charge is 0.494 e. The fourth-order valence-electron chi connectivity index (χ4n) is 2.68. The van der Waals surface area contributed by atoms with Crippen LogP contribution in [0.4, 0.5) is 0 Å². The van der Waals surface area contributed by atoms with E-state index in [0.29, 0.717) is 12.2 Å². The number of aliphatic hydroxyl groups excluding tert-OH is 1. The number of benzene rings is 1. The molecule has 0 aliphatic heterocycles. The summed E-state index contributed by atoms with van der Waals surface area (Å²) in [6.45, 7) is 1.72. The maximum atomic E-state index is 9.48. The molecule has 0 heterocycles. The first kappa shape index (κ1) is 14.8. The third kappa shape index (κ3) is 3.96. The molecule has 108 valence electrons.